The smallest absolute Gasteiger partial charge is 0.247 e. The van der Waals surface area contributed by atoms with Crippen molar-refractivity contribution in [1.29, 1.82) is 0 Å². The summed E-state index contributed by atoms with van der Waals surface area (Å²) in [5.41, 5.74) is 0.581. The number of rotatable bonds is 6. The molecular weight excluding hydrogens is 248 g/mol. The second kappa shape index (κ2) is 6.83. The topological polar surface area (TPSA) is 77.5 Å². The molecule has 2 rings (SSSR count). The first-order valence-electron chi connectivity index (χ1n) is 6.76. The average Bonchev–Trinajstić information content (AvgIpc) is 2.77. The van der Waals surface area contributed by atoms with E-state index in [0.29, 0.717) is 12.2 Å². The highest BCUT2D eigenvalue weighted by molar-refractivity contribution is 5.02. The normalized spacial score (nSPS) is 17.2. The maximum absolute atomic E-state index is 11.5. The molecule has 0 amide bonds. The van der Waals surface area contributed by atoms with E-state index in [1.807, 2.05) is 13.8 Å². The van der Waals surface area contributed by atoms with Gasteiger partial charge in [-0.15, -0.1) is 0 Å². The molecule has 0 unspecified atom stereocenters. The first-order valence-corrected chi connectivity index (χ1v) is 6.76. The highest BCUT2D eigenvalue weighted by Gasteiger charge is 2.20. The molecule has 1 aliphatic rings. The molecule has 1 fully saturated rings. The van der Waals surface area contributed by atoms with Crippen molar-refractivity contribution in [1.82, 2.24) is 15.5 Å². The van der Waals surface area contributed by atoms with Crippen LogP contribution in [0.5, 0.6) is 5.95 Å². The Morgan fingerprint density at radius 2 is 2.16 bits per heavy atom. The molecule has 0 spiro atoms. The van der Waals surface area contributed by atoms with E-state index in [0.717, 1.165) is 39.4 Å². The van der Waals surface area contributed by atoms with E-state index in [1.165, 1.54) is 0 Å². The van der Waals surface area contributed by atoms with Gasteiger partial charge in [0.2, 0.25) is 5.69 Å². The molecule has 1 aromatic rings. The second-order valence-corrected chi connectivity index (χ2v) is 4.98. The minimum atomic E-state index is -0.354. The molecule has 19 heavy (non-hydrogen) atoms. The van der Waals surface area contributed by atoms with Gasteiger partial charge < -0.3 is 19.7 Å². The Balaban J connectivity index is 1.74. The Morgan fingerprint density at radius 1 is 1.42 bits per heavy atom. The fourth-order valence-corrected chi connectivity index (χ4v) is 2.10. The maximum atomic E-state index is 11.5. The minimum Gasteiger partial charge on any atom is -0.539 e. The molecule has 1 aromatic heterocycles. The lowest BCUT2D eigenvalue weighted by atomic mass is 10.3. The molecule has 1 N–H and O–H groups in total. The first-order chi connectivity index (χ1) is 9.18. The van der Waals surface area contributed by atoms with E-state index >= 15 is 0 Å². The highest BCUT2D eigenvalue weighted by atomic mass is 16.6. The first kappa shape index (κ1) is 14.2. The van der Waals surface area contributed by atoms with Crippen molar-refractivity contribution in [2.24, 2.45) is 0 Å². The van der Waals surface area contributed by atoms with Crippen LogP contribution >= 0.6 is 0 Å². The molecule has 108 valence electrons. The second-order valence-electron chi connectivity index (χ2n) is 4.98. The SMILES string of the molecule is CC(C)[n+]1noc([O-])c1CNCCN1CCOCC1. The van der Waals surface area contributed by atoms with Gasteiger partial charge in [-0.1, -0.05) is 4.68 Å². The van der Waals surface area contributed by atoms with Crippen LogP contribution in [0, 0.1) is 0 Å². The molecule has 1 aliphatic heterocycles. The summed E-state index contributed by atoms with van der Waals surface area (Å²) in [7, 11) is 0. The summed E-state index contributed by atoms with van der Waals surface area (Å²) >= 11 is 0. The summed E-state index contributed by atoms with van der Waals surface area (Å²) in [6.07, 6.45) is 0. The number of nitrogens with one attached hydrogen (secondary N) is 1. The van der Waals surface area contributed by atoms with Crippen LogP contribution < -0.4 is 15.1 Å². The molecule has 0 bridgehead atoms. The number of hydrogen-bond acceptors (Lipinski definition) is 6. The summed E-state index contributed by atoms with van der Waals surface area (Å²) < 4.78 is 11.6. The summed E-state index contributed by atoms with van der Waals surface area (Å²) in [6.45, 7) is 9.81. The quantitative estimate of drug-likeness (QED) is 0.530. The zero-order valence-electron chi connectivity index (χ0n) is 11.6. The van der Waals surface area contributed by atoms with Gasteiger partial charge in [0.1, 0.15) is 0 Å². The molecule has 7 nitrogen and oxygen atoms in total. The Kier molecular flexibility index (Phi) is 5.12. The van der Waals surface area contributed by atoms with E-state index in [1.54, 1.807) is 4.68 Å². The molecule has 0 saturated carbocycles. The van der Waals surface area contributed by atoms with Crippen LogP contribution in [0.4, 0.5) is 0 Å². The van der Waals surface area contributed by atoms with Crippen molar-refractivity contribution in [3.63, 3.8) is 0 Å². The van der Waals surface area contributed by atoms with E-state index < -0.39 is 0 Å². The lowest BCUT2D eigenvalue weighted by Crippen LogP contribution is -2.44. The molecule has 2 heterocycles. The van der Waals surface area contributed by atoms with Gasteiger partial charge >= 0.3 is 0 Å². The third-order valence-corrected chi connectivity index (χ3v) is 3.21. The Hall–Kier alpha value is -1.18. The standard InChI is InChI=1S/C12H22N4O3/c1-10(2)16-11(12(17)19-14-16)9-13-3-4-15-5-7-18-8-6-15/h10,13H,3-9H2,1-2H3. The van der Waals surface area contributed by atoms with Crippen molar-refractivity contribution in [3.05, 3.63) is 5.69 Å². The van der Waals surface area contributed by atoms with Crippen molar-refractivity contribution in [3.8, 4) is 5.95 Å². The predicted molar refractivity (Wildman–Crippen MR) is 65.5 cm³/mol. The lowest BCUT2D eigenvalue weighted by Gasteiger charge is -2.26. The van der Waals surface area contributed by atoms with Crippen molar-refractivity contribution >= 4 is 0 Å². The van der Waals surface area contributed by atoms with Gasteiger partial charge in [0, 0.05) is 26.2 Å². The van der Waals surface area contributed by atoms with Gasteiger partial charge in [0.15, 0.2) is 12.0 Å². The molecular formula is C12H22N4O3. The Bertz CT molecular complexity index is 388. The maximum Gasteiger partial charge on any atom is 0.247 e. The van der Waals surface area contributed by atoms with Crippen molar-refractivity contribution < 1.29 is 19.0 Å². The van der Waals surface area contributed by atoms with Gasteiger partial charge in [0.05, 0.1) is 25.0 Å². The molecule has 0 radical (unpaired) electrons. The van der Waals surface area contributed by atoms with Crippen molar-refractivity contribution in [2.75, 3.05) is 39.4 Å². The van der Waals surface area contributed by atoms with Gasteiger partial charge in [-0.3, -0.25) is 4.90 Å². The Labute approximate surface area is 113 Å². The van der Waals surface area contributed by atoms with E-state index in [-0.39, 0.29) is 12.0 Å². The fraction of sp³-hybridized carbons (Fsp3) is 0.833. The van der Waals surface area contributed by atoms with Crippen LogP contribution in [0.2, 0.25) is 0 Å². The van der Waals surface area contributed by atoms with Crippen molar-refractivity contribution in [2.45, 2.75) is 26.4 Å². The van der Waals surface area contributed by atoms with Crippen LogP contribution in [0.15, 0.2) is 4.52 Å². The Morgan fingerprint density at radius 3 is 2.84 bits per heavy atom. The number of hydrogen-bond donors (Lipinski definition) is 1. The van der Waals surface area contributed by atoms with Crippen LogP contribution in [0.25, 0.3) is 0 Å². The third-order valence-electron chi connectivity index (χ3n) is 3.21. The monoisotopic (exact) mass is 270 g/mol. The third kappa shape index (κ3) is 3.89. The van der Waals surface area contributed by atoms with E-state index in [2.05, 4.69) is 15.5 Å². The molecule has 1 saturated heterocycles. The van der Waals surface area contributed by atoms with Gasteiger partial charge in [-0.25, -0.2) is 0 Å². The number of morpholine rings is 1. The van der Waals surface area contributed by atoms with Gasteiger partial charge in [-0.05, 0) is 13.8 Å². The largest absolute Gasteiger partial charge is 0.539 e. The minimum absolute atomic E-state index is 0.127. The fourth-order valence-electron chi connectivity index (χ4n) is 2.10. The lowest BCUT2D eigenvalue weighted by molar-refractivity contribution is -0.785. The molecule has 0 aromatic carbocycles. The predicted octanol–water partition coefficient (Wildman–Crippen LogP) is -0.962. The average molecular weight is 270 g/mol. The molecule has 0 atom stereocenters. The number of aromatic nitrogens is 2. The summed E-state index contributed by atoms with van der Waals surface area (Å²) in [4.78, 5) is 2.35. The zero-order valence-corrected chi connectivity index (χ0v) is 11.6. The summed E-state index contributed by atoms with van der Waals surface area (Å²) in [5, 5.41) is 18.5. The van der Waals surface area contributed by atoms with Crippen LogP contribution in [-0.4, -0.2) is 49.6 Å². The van der Waals surface area contributed by atoms with Crippen LogP contribution in [0.3, 0.4) is 0 Å². The van der Waals surface area contributed by atoms with Gasteiger partial charge in [0.25, 0.3) is 0 Å². The molecule has 7 heteroatoms. The number of nitrogens with zero attached hydrogens (tertiary/aromatic N) is 3. The highest BCUT2D eigenvalue weighted by Crippen LogP contribution is 2.08. The zero-order chi connectivity index (χ0) is 13.7. The van der Waals surface area contributed by atoms with Gasteiger partial charge in [-0.2, -0.15) is 0 Å². The van der Waals surface area contributed by atoms with E-state index in [4.69, 9.17) is 9.26 Å². The summed E-state index contributed by atoms with van der Waals surface area (Å²) in [6, 6.07) is 0.127. The van der Waals surface area contributed by atoms with Crippen LogP contribution in [-0.2, 0) is 11.3 Å². The molecule has 0 aliphatic carbocycles. The van der Waals surface area contributed by atoms with E-state index in [9.17, 15) is 5.11 Å². The summed E-state index contributed by atoms with van der Waals surface area (Å²) in [5.74, 6) is -0.354. The number of ether oxygens (including phenoxy) is 1. The van der Waals surface area contributed by atoms with Crippen LogP contribution in [0.1, 0.15) is 25.6 Å².